The minimum absolute atomic E-state index is 0.266. The summed E-state index contributed by atoms with van der Waals surface area (Å²) in [6.45, 7) is 5.74. The summed E-state index contributed by atoms with van der Waals surface area (Å²) >= 11 is 0. The normalized spacial score (nSPS) is 22.5. The highest BCUT2D eigenvalue weighted by molar-refractivity contribution is 5.62. The molecule has 1 aromatic rings. The van der Waals surface area contributed by atoms with Crippen LogP contribution >= 0.6 is 0 Å². The van der Waals surface area contributed by atoms with Gasteiger partial charge in [-0.3, -0.25) is 0 Å². The van der Waals surface area contributed by atoms with Gasteiger partial charge in [0.2, 0.25) is 0 Å². The van der Waals surface area contributed by atoms with Gasteiger partial charge >= 0.3 is 0 Å². The minimum Gasteiger partial charge on any atom is -0.491 e. The second kappa shape index (κ2) is 6.15. The molecule has 4 nitrogen and oxygen atoms in total. The summed E-state index contributed by atoms with van der Waals surface area (Å²) in [6, 6.07) is 6.40. The quantitative estimate of drug-likeness (QED) is 0.831. The molecule has 2 unspecified atom stereocenters. The molecule has 4 heteroatoms. The SMILES string of the molecule is CCCOc1cc(N(C)C2CCOC2C)ccc1N. The van der Waals surface area contributed by atoms with Gasteiger partial charge in [0.1, 0.15) is 5.75 Å². The molecule has 1 aromatic carbocycles. The largest absolute Gasteiger partial charge is 0.491 e. The first-order valence-corrected chi connectivity index (χ1v) is 7.00. The number of hydrogen-bond donors (Lipinski definition) is 1. The van der Waals surface area contributed by atoms with Crippen LogP contribution in [0.4, 0.5) is 11.4 Å². The standard InChI is InChI=1S/C15H24N2O2/c1-4-8-19-15-10-12(5-6-13(15)16)17(3)14-7-9-18-11(14)2/h5-6,10-11,14H,4,7-9,16H2,1-3H3. The van der Waals surface area contributed by atoms with E-state index < -0.39 is 0 Å². The molecule has 0 spiro atoms. The van der Waals surface area contributed by atoms with Crippen molar-refractivity contribution in [3.8, 4) is 5.75 Å². The van der Waals surface area contributed by atoms with Crippen molar-refractivity contribution in [3.63, 3.8) is 0 Å². The molecule has 0 amide bonds. The van der Waals surface area contributed by atoms with E-state index in [9.17, 15) is 0 Å². The Hall–Kier alpha value is -1.42. The molecule has 1 aliphatic rings. The van der Waals surface area contributed by atoms with Gasteiger partial charge in [-0.25, -0.2) is 0 Å². The molecule has 106 valence electrons. The van der Waals surface area contributed by atoms with Crippen LogP contribution < -0.4 is 15.4 Å². The van der Waals surface area contributed by atoms with E-state index >= 15 is 0 Å². The summed E-state index contributed by atoms with van der Waals surface area (Å²) in [5.41, 5.74) is 7.77. The smallest absolute Gasteiger partial charge is 0.144 e. The summed E-state index contributed by atoms with van der Waals surface area (Å²) in [5.74, 6) is 0.776. The van der Waals surface area contributed by atoms with Crippen LogP contribution in [-0.2, 0) is 4.74 Å². The third-order valence-electron chi connectivity index (χ3n) is 3.70. The topological polar surface area (TPSA) is 47.7 Å². The van der Waals surface area contributed by atoms with E-state index in [0.717, 1.165) is 30.9 Å². The Morgan fingerprint density at radius 3 is 2.89 bits per heavy atom. The van der Waals surface area contributed by atoms with Crippen LogP contribution in [0, 0.1) is 0 Å². The van der Waals surface area contributed by atoms with Crippen LogP contribution in [0.3, 0.4) is 0 Å². The zero-order chi connectivity index (χ0) is 13.8. The summed E-state index contributed by atoms with van der Waals surface area (Å²) in [5, 5.41) is 0. The number of benzene rings is 1. The number of rotatable bonds is 5. The van der Waals surface area contributed by atoms with Gasteiger partial charge in [0.15, 0.2) is 0 Å². The van der Waals surface area contributed by atoms with Crippen molar-refractivity contribution in [3.05, 3.63) is 18.2 Å². The Morgan fingerprint density at radius 1 is 1.47 bits per heavy atom. The number of nitrogens with two attached hydrogens (primary N) is 1. The van der Waals surface area contributed by atoms with Crippen molar-refractivity contribution in [1.29, 1.82) is 0 Å². The van der Waals surface area contributed by atoms with Crippen LogP contribution in [0.2, 0.25) is 0 Å². The molecule has 1 saturated heterocycles. The molecule has 1 heterocycles. The van der Waals surface area contributed by atoms with Gasteiger partial charge < -0.3 is 20.1 Å². The predicted octanol–water partition coefficient (Wildman–Crippen LogP) is 2.67. The van der Waals surface area contributed by atoms with Gasteiger partial charge in [-0.1, -0.05) is 6.92 Å². The lowest BCUT2D eigenvalue weighted by molar-refractivity contribution is 0.118. The summed E-state index contributed by atoms with van der Waals surface area (Å²) in [4.78, 5) is 2.26. The van der Waals surface area contributed by atoms with Gasteiger partial charge in [-0.2, -0.15) is 0 Å². The molecule has 1 fully saturated rings. The van der Waals surface area contributed by atoms with Crippen molar-refractivity contribution in [1.82, 2.24) is 0 Å². The number of likely N-dealkylation sites (N-methyl/N-ethyl adjacent to an activating group) is 1. The van der Waals surface area contributed by atoms with Gasteiger partial charge in [0.25, 0.3) is 0 Å². The van der Waals surface area contributed by atoms with Gasteiger partial charge in [-0.05, 0) is 31.9 Å². The molecule has 0 saturated carbocycles. The Bertz CT molecular complexity index is 423. The molecular formula is C15H24N2O2. The van der Waals surface area contributed by atoms with Gasteiger partial charge in [-0.15, -0.1) is 0 Å². The van der Waals surface area contributed by atoms with E-state index in [1.807, 2.05) is 18.2 Å². The fourth-order valence-corrected chi connectivity index (χ4v) is 2.50. The van der Waals surface area contributed by atoms with Gasteiger partial charge in [0, 0.05) is 25.4 Å². The highest BCUT2D eigenvalue weighted by Gasteiger charge is 2.28. The van der Waals surface area contributed by atoms with Crippen LogP contribution in [0.25, 0.3) is 0 Å². The van der Waals surface area contributed by atoms with E-state index in [1.165, 1.54) is 0 Å². The highest BCUT2D eigenvalue weighted by atomic mass is 16.5. The first-order valence-electron chi connectivity index (χ1n) is 7.00. The second-order valence-corrected chi connectivity index (χ2v) is 5.11. The van der Waals surface area contributed by atoms with E-state index in [2.05, 4.69) is 25.8 Å². The van der Waals surface area contributed by atoms with Crippen molar-refractivity contribution in [2.75, 3.05) is 30.9 Å². The van der Waals surface area contributed by atoms with E-state index in [4.69, 9.17) is 15.2 Å². The predicted molar refractivity (Wildman–Crippen MR) is 78.9 cm³/mol. The summed E-state index contributed by atoms with van der Waals surface area (Å²) in [6.07, 6.45) is 2.31. The Morgan fingerprint density at radius 2 is 2.26 bits per heavy atom. The van der Waals surface area contributed by atoms with Crippen LogP contribution in [0.5, 0.6) is 5.75 Å². The number of nitrogens with zero attached hydrogens (tertiary/aromatic N) is 1. The molecule has 0 bridgehead atoms. The molecule has 2 atom stereocenters. The highest BCUT2D eigenvalue weighted by Crippen LogP contribution is 2.30. The summed E-state index contributed by atoms with van der Waals surface area (Å²) in [7, 11) is 2.10. The maximum atomic E-state index is 5.94. The first kappa shape index (κ1) is 14.0. The third-order valence-corrected chi connectivity index (χ3v) is 3.70. The maximum Gasteiger partial charge on any atom is 0.144 e. The summed E-state index contributed by atoms with van der Waals surface area (Å²) < 4.78 is 11.3. The molecule has 2 N–H and O–H groups in total. The maximum absolute atomic E-state index is 5.94. The Balaban J connectivity index is 2.15. The molecule has 19 heavy (non-hydrogen) atoms. The number of anilines is 2. The number of ether oxygens (including phenoxy) is 2. The zero-order valence-corrected chi connectivity index (χ0v) is 12.1. The lowest BCUT2D eigenvalue weighted by Crippen LogP contribution is -2.36. The average Bonchev–Trinajstić information content (AvgIpc) is 2.83. The first-order chi connectivity index (χ1) is 9.13. The van der Waals surface area contributed by atoms with Crippen molar-refractivity contribution in [2.45, 2.75) is 38.8 Å². The molecular weight excluding hydrogens is 240 g/mol. The average molecular weight is 264 g/mol. The Kier molecular flexibility index (Phi) is 4.53. The van der Waals surface area contributed by atoms with Gasteiger partial charge in [0.05, 0.1) is 24.4 Å². The van der Waals surface area contributed by atoms with E-state index in [-0.39, 0.29) is 6.10 Å². The van der Waals surface area contributed by atoms with E-state index in [0.29, 0.717) is 18.3 Å². The molecule has 1 aliphatic heterocycles. The van der Waals surface area contributed by atoms with Crippen LogP contribution in [0.1, 0.15) is 26.7 Å². The number of hydrogen-bond acceptors (Lipinski definition) is 4. The van der Waals surface area contributed by atoms with Crippen LogP contribution in [-0.4, -0.2) is 32.4 Å². The van der Waals surface area contributed by atoms with Crippen molar-refractivity contribution < 1.29 is 9.47 Å². The fourth-order valence-electron chi connectivity index (χ4n) is 2.50. The van der Waals surface area contributed by atoms with Crippen LogP contribution in [0.15, 0.2) is 18.2 Å². The van der Waals surface area contributed by atoms with Crippen molar-refractivity contribution >= 4 is 11.4 Å². The van der Waals surface area contributed by atoms with Crippen molar-refractivity contribution in [2.24, 2.45) is 0 Å². The Labute approximate surface area is 115 Å². The second-order valence-electron chi connectivity index (χ2n) is 5.11. The monoisotopic (exact) mass is 264 g/mol. The minimum atomic E-state index is 0.266. The molecule has 2 rings (SSSR count). The molecule has 0 aliphatic carbocycles. The molecule has 0 aromatic heterocycles. The zero-order valence-electron chi connectivity index (χ0n) is 12.1. The number of nitrogen functional groups attached to an aromatic ring is 1. The lowest BCUT2D eigenvalue weighted by Gasteiger charge is -2.29. The lowest BCUT2D eigenvalue weighted by atomic mass is 10.1. The fraction of sp³-hybridized carbons (Fsp3) is 0.600. The molecule has 0 radical (unpaired) electrons. The van der Waals surface area contributed by atoms with E-state index in [1.54, 1.807) is 0 Å². The third kappa shape index (κ3) is 3.13.